The van der Waals surface area contributed by atoms with Crippen LogP contribution in [0.25, 0.3) is 0 Å². The molecule has 4 aliphatic rings. The van der Waals surface area contributed by atoms with Crippen LogP contribution in [0.2, 0.25) is 0 Å². The van der Waals surface area contributed by atoms with Crippen molar-refractivity contribution in [2.24, 2.45) is 22.7 Å². The summed E-state index contributed by atoms with van der Waals surface area (Å²) in [6.45, 7) is 10.6. The monoisotopic (exact) mass is 359 g/mol. The molecular weight excluding hydrogens is 333 g/mol. The Morgan fingerprint density at radius 1 is 1.00 bits per heavy atom. The molecule has 18 heavy (non-hydrogen) atoms. The van der Waals surface area contributed by atoms with E-state index in [-0.39, 0.29) is 24.0 Å². The van der Waals surface area contributed by atoms with E-state index in [0.717, 1.165) is 22.7 Å². The molecule has 3 aliphatic carbocycles. The van der Waals surface area contributed by atoms with Crippen molar-refractivity contribution in [2.45, 2.75) is 39.5 Å². The maximum Gasteiger partial charge on any atom is 0.0857 e. The summed E-state index contributed by atoms with van der Waals surface area (Å²) in [6, 6.07) is 0. The molecule has 2 saturated carbocycles. The number of hydrogen-bond donors (Lipinski definition) is 0. The third-order valence-electron chi connectivity index (χ3n) is 7.32. The van der Waals surface area contributed by atoms with Crippen LogP contribution in [0.1, 0.15) is 39.5 Å². The van der Waals surface area contributed by atoms with Crippen LogP contribution in [-0.2, 0) is 0 Å². The van der Waals surface area contributed by atoms with Crippen LogP contribution in [0.4, 0.5) is 0 Å². The maximum atomic E-state index is 2.60. The number of allylic oxidation sites excluding steroid dienone is 2. The van der Waals surface area contributed by atoms with Crippen molar-refractivity contribution in [1.29, 1.82) is 0 Å². The number of quaternary nitrogens is 1. The zero-order valence-electron chi connectivity index (χ0n) is 11.8. The second-order valence-electron chi connectivity index (χ2n) is 7.29. The van der Waals surface area contributed by atoms with E-state index in [0.29, 0.717) is 0 Å². The number of nitrogens with zero attached hydrogens (tertiary/aromatic N) is 1. The predicted octanol–water partition coefficient (Wildman–Crippen LogP) is 0.223. The molecule has 2 bridgehead atoms. The lowest BCUT2D eigenvalue weighted by Crippen LogP contribution is -3.00. The quantitative estimate of drug-likeness (QED) is 0.376. The first-order chi connectivity index (χ1) is 8.20. The van der Waals surface area contributed by atoms with Crippen molar-refractivity contribution in [3.63, 3.8) is 0 Å². The molecule has 0 amide bonds. The van der Waals surface area contributed by atoms with Crippen molar-refractivity contribution in [2.75, 3.05) is 26.2 Å². The Morgan fingerprint density at radius 3 is 1.94 bits per heavy atom. The molecule has 0 N–H and O–H groups in total. The minimum Gasteiger partial charge on any atom is -1.00 e. The highest BCUT2D eigenvalue weighted by Gasteiger charge is 2.75. The highest BCUT2D eigenvalue weighted by Crippen LogP contribution is 2.74. The smallest absolute Gasteiger partial charge is 0.0857 e. The number of rotatable bonds is 2. The third kappa shape index (κ3) is 1.23. The van der Waals surface area contributed by atoms with Gasteiger partial charge in [0.15, 0.2) is 0 Å². The lowest BCUT2D eigenvalue weighted by atomic mass is 9.62. The molecule has 4 atom stereocenters. The average molecular weight is 359 g/mol. The van der Waals surface area contributed by atoms with Gasteiger partial charge in [0.05, 0.1) is 26.2 Å². The Kier molecular flexibility index (Phi) is 2.96. The van der Waals surface area contributed by atoms with Gasteiger partial charge in [0, 0.05) is 10.8 Å². The van der Waals surface area contributed by atoms with Crippen LogP contribution in [-0.4, -0.2) is 30.7 Å². The van der Waals surface area contributed by atoms with Gasteiger partial charge >= 0.3 is 0 Å². The zero-order chi connectivity index (χ0) is 11.7. The van der Waals surface area contributed by atoms with Crippen molar-refractivity contribution >= 4 is 0 Å². The predicted molar refractivity (Wildman–Crippen MR) is 70.5 cm³/mol. The number of hydrogen-bond acceptors (Lipinski definition) is 0. The minimum atomic E-state index is 0. The lowest BCUT2D eigenvalue weighted by molar-refractivity contribution is -0.919. The van der Waals surface area contributed by atoms with Crippen LogP contribution in [0.15, 0.2) is 12.2 Å². The lowest BCUT2D eigenvalue weighted by Gasteiger charge is -2.37. The summed E-state index contributed by atoms with van der Waals surface area (Å²) in [5.74, 6) is 1.90. The molecule has 1 aliphatic heterocycles. The summed E-state index contributed by atoms with van der Waals surface area (Å²) in [7, 11) is 0. The van der Waals surface area contributed by atoms with Gasteiger partial charge in [-0.1, -0.05) is 18.6 Å². The van der Waals surface area contributed by atoms with Crippen LogP contribution in [0, 0.1) is 22.7 Å². The molecule has 4 rings (SSSR count). The normalized spacial score (nSPS) is 50.1. The Bertz CT molecular complexity index is 357. The van der Waals surface area contributed by atoms with Gasteiger partial charge in [0.25, 0.3) is 0 Å². The van der Waals surface area contributed by atoms with Gasteiger partial charge < -0.3 is 28.5 Å². The SMILES string of the molecule is CC[N+]1(CC)CC23CCCC2(C1)C1C=CC3C1.[I-]. The fraction of sp³-hybridized carbons (Fsp3) is 0.875. The summed E-state index contributed by atoms with van der Waals surface area (Å²) in [5, 5.41) is 0. The van der Waals surface area contributed by atoms with E-state index in [1.165, 1.54) is 43.5 Å². The fourth-order valence-corrected chi connectivity index (χ4v) is 6.48. The van der Waals surface area contributed by atoms with E-state index in [1.807, 2.05) is 0 Å². The topological polar surface area (TPSA) is 0 Å². The molecule has 102 valence electrons. The summed E-state index contributed by atoms with van der Waals surface area (Å²) >= 11 is 0. The van der Waals surface area contributed by atoms with Gasteiger partial charge in [-0.05, 0) is 44.9 Å². The van der Waals surface area contributed by atoms with Crippen LogP contribution in [0.5, 0.6) is 0 Å². The van der Waals surface area contributed by atoms with Crippen LogP contribution >= 0.6 is 0 Å². The Morgan fingerprint density at radius 2 is 1.50 bits per heavy atom. The van der Waals surface area contributed by atoms with Crippen molar-refractivity contribution in [3.8, 4) is 0 Å². The summed E-state index contributed by atoms with van der Waals surface area (Å²) in [5.41, 5.74) is 1.47. The van der Waals surface area contributed by atoms with Crippen LogP contribution in [0.3, 0.4) is 0 Å². The van der Waals surface area contributed by atoms with Crippen molar-refractivity contribution in [1.82, 2.24) is 0 Å². The van der Waals surface area contributed by atoms with E-state index in [9.17, 15) is 0 Å². The highest BCUT2D eigenvalue weighted by atomic mass is 127. The third-order valence-corrected chi connectivity index (χ3v) is 7.32. The van der Waals surface area contributed by atoms with Crippen molar-refractivity contribution in [3.05, 3.63) is 12.2 Å². The molecule has 1 heterocycles. The Hall–Kier alpha value is 0.430. The molecule has 0 spiro atoms. The van der Waals surface area contributed by atoms with Gasteiger partial charge in [-0.3, -0.25) is 0 Å². The van der Waals surface area contributed by atoms with E-state index >= 15 is 0 Å². The van der Waals surface area contributed by atoms with Crippen LogP contribution < -0.4 is 24.0 Å². The largest absolute Gasteiger partial charge is 1.00 e. The first kappa shape index (κ1) is 13.4. The minimum absolute atomic E-state index is 0. The molecule has 4 unspecified atom stereocenters. The number of fused-ring (bicyclic) bond motifs is 2. The second kappa shape index (κ2) is 3.97. The molecule has 0 aromatic carbocycles. The second-order valence-corrected chi connectivity index (χ2v) is 7.29. The molecule has 1 saturated heterocycles. The molecular formula is C16H26IN. The Labute approximate surface area is 129 Å². The van der Waals surface area contributed by atoms with E-state index in [2.05, 4.69) is 26.0 Å². The molecule has 3 fully saturated rings. The highest BCUT2D eigenvalue weighted by molar-refractivity contribution is 5.28. The van der Waals surface area contributed by atoms with Gasteiger partial charge in [0.2, 0.25) is 0 Å². The maximum absolute atomic E-state index is 2.60. The van der Waals surface area contributed by atoms with Crippen molar-refractivity contribution < 1.29 is 28.5 Å². The standard InChI is InChI=1S/C16H26N.HI/c1-3-17(4-2)11-15-8-5-9-16(15,12-17)14-7-6-13(15)10-14;/h6-7,13-14H,3-5,8-12H2,1-2H3;1H/q+1;/p-1. The first-order valence-corrected chi connectivity index (χ1v) is 7.74. The first-order valence-electron chi connectivity index (χ1n) is 7.74. The number of halogens is 1. The summed E-state index contributed by atoms with van der Waals surface area (Å²) in [6.07, 6.45) is 11.3. The van der Waals surface area contributed by atoms with Gasteiger partial charge in [-0.2, -0.15) is 0 Å². The summed E-state index contributed by atoms with van der Waals surface area (Å²) in [4.78, 5) is 0. The zero-order valence-corrected chi connectivity index (χ0v) is 13.9. The Balaban J connectivity index is 0.000001000. The molecule has 0 aromatic rings. The molecule has 1 nitrogen and oxygen atoms in total. The van der Waals surface area contributed by atoms with E-state index < -0.39 is 0 Å². The van der Waals surface area contributed by atoms with E-state index in [1.54, 1.807) is 12.8 Å². The van der Waals surface area contributed by atoms with Gasteiger partial charge in [-0.15, -0.1) is 0 Å². The molecule has 2 heteroatoms. The fourth-order valence-electron chi connectivity index (χ4n) is 6.48. The number of likely N-dealkylation sites (tertiary alicyclic amines) is 1. The average Bonchev–Trinajstić information content (AvgIpc) is 3.02. The summed E-state index contributed by atoms with van der Waals surface area (Å²) < 4.78 is 1.43. The van der Waals surface area contributed by atoms with E-state index in [4.69, 9.17) is 0 Å². The molecule has 0 radical (unpaired) electrons. The van der Waals surface area contributed by atoms with Gasteiger partial charge in [-0.25, -0.2) is 0 Å². The van der Waals surface area contributed by atoms with Gasteiger partial charge in [0.1, 0.15) is 0 Å². The molecule has 0 aromatic heterocycles.